The number of anilines is 2. The maximum atomic E-state index is 4.13. The maximum Gasteiger partial charge on any atom is 0.0630 e. The summed E-state index contributed by atoms with van der Waals surface area (Å²) in [6.45, 7) is 6.22. The molecule has 0 bridgehead atoms. The fraction of sp³-hybridized carbons (Fsp3) is 0.217. The predicted molar refractivity (Wildman–Crippen MR) is 104 cm³/mol. The highest BCUT2D eigenvalue weighted by atomic mass is 15.0. The van der Waals surface area contributed by atoms with Gasteiger partial charge in [-0.2, -0.15) is 0 Å². The molecule has 1 nitrogen and oxygen atoms in total. The molecule has 1 N–H and O–H groups in total. The van der Waals surface area contributed by atoms with Crippen LogP contribution in [0.1, 0.15) is 25.3 Å². The van der Waals surface area contributed by atoms with Crippen LogP contribution in [0.5, 0.6) is 0 Å². The molecule has 1 aromatic rings. The highest BCUT2D eigenvalue weighted by molar-refractivity contribution is 5.91. The van der Waals surface area contributed by atoms with Gasteiger partial charge < -0.3 is 5.32 Å². The van der Waals surface area contributed by atoms with Crippen molar-refractivity contribution >= 4 is 17.5 Å². The normalized spacial score (nSPS) is 26.1. The van der Waals surface area contributed by atoms with Crippen LogP contribution in [-0.4, -0.2) is 0 Å². The third kappa shape index (κ3) is 2.71. The van der Waals surface area contributed by atoms with E-state index in [1.165, 1.54) is 40.1 Å². The second-order valence-electron chi connectivity index (χ2n) is 6.67. The summed E-state index contributed by atoms with van der Waals surface area (Å²) in [5.41, 5.74) is 7.87. The van der Waals surface area contributed by atoms with E-state index in [4.69, 9.17) is 0 Å². The molecule has 1 aromatic carbocycles. The first-order valence-electron chi connectivity index (χ1n) is 8.76. The van der Waals surface area contributed by atoms with E-state index in [0.29, 0.717) is 11.8 Å². The van der Waals surface area contributed by atoms with E-state index < -0.39 is 0 Å². The number of benzene rings is 1. The van der Waals surface area contributed by atoms with Gasteiger partial charge in [-0.15, -0.1) is 0 Å². The first-order valence-corrected chi connectivity index (χ1v) is 8.76. The largest absolute Gasteiger partial charge is 0.352 e. The van der Waals surface area contributed by atoms with Gasteiger partial charge in [0, 0.05) is 5.92 Å². The van der Waals surface area contributed by atoms with E-state index >= 15 is 0 Å². The minimum Gasteiger partial charge on any atom is -0.352 e. The molecule has 24 heavy (non-hydrogen) atoms. The van der Waals surface area contributed by atoms with Crippen molar-refractivity contribution in [3.63, 3.8) is 0 Å². The Morgan fingerprint density at radius 2 is 2.04 bits per heavy atom. The molecule has 1 heterocycles. The summed E-state index contributed by atoms with van der Waals surface area (Å²) < 4.78 is 0. The van der Waals surface area contributed by atoms with Crippen LogP contribution in [0.2, 0.25) is 0 Å². The Bertz CT molecular complexity index is 830. The summed E-state index contributed by atoms with van der Waals surface area (Å²) >= 11 is 0. The smallest absolute Gasteiger partial charge is 0.0630 e. The molecule has 0 fully saturated rings. The van der Waals surface area contributed by atoms with Gasteiger partial charge in [-0.1, -0.05) is 61.3 Å². The fourth-order valence-corrected chi connectivity index (χ4v) is 3.91. The van der Waals surface area contributed by atoms with Crippen molar-refractivity contribution in [2.24, 2.45) is 11.8 Å². The van der Waals surface area contributed by atoms with Crippen molar-refractivity contribution in [3.05, 3.63) is 89.6 Å². The molecule has 0 saturated heterocycles. The Morgan fingerprint density at radius 3 is 2.83 bits per heavy atom. The van der Waals surface area contributed by atoms with Crippen LogP contribution in [-0.2, 0) is 0 Å². The van der Waals surface area contributed by atoms with Crippen molar-refractivity contribution in [3.8, 4) is 0 Å². The third-order valence-electron chi connectivity index (χ3n) is 5.16. The maximum absolute atomic E-state index is 4.13. The van der Waals surface area contributed by atoms with Gasteiger partial charge in [-0.05, 0) is 60.1 Å². The lowest BCUT2D eigenvalue weighted by Gasteiger charge is -2.25. The van der Waals surface area contributed by atoms with Crippen molar-refractivity contribution in [2.45, 2.75) is 19.8 Å². The van der Waals surface area contributed by atoms with Crippen LogP contribution in [0.15, 0.2) is 84.0 Å². The second-order valence-corrected chi connectivity index (χ2v) is 6.67. The van der Waals surface area contributed by atoms with E-state index in [1.807, 2.05) is 6.08 Å². The van der Waals surface area contributed by atoms with E-state index in [1.54, 1.807) is 0 Å². The molecule has 2 atom stereocenters. The van der Waals surface area contributed by atoms with Gasteiger partial charge in [0.15, 0.2) is 0 Å². The molecule has 2 aliphatic carbocycles. The molecule has 0 amide bonds. The van der Waals surface area contributed by atoms with Crippen LogP contribution < -0.4 is 5.32 Å². The summed E-state index contributed by atoms with van der Waals surface area (Å²) in [5.74, 6) is 1.00. The molecular formula is C23H23N. The number of hydrogen-bond donors (Lipinski definition) is 1. The summed E-state index contributed by atoms with van der Waals surface area (Å²) in [7, 11) is 0. The first kappa shape index (κ1) is 15.0. The van der Waals surface area contributed by atoms with Crippen LogP contribution in [0.4, 0.5) is 11.4 Å². The Hall–Kier alpha value is -2.54. The van der Waals surface area contributed by atoms with Crippen molar-refractivity contribution in [1.29, 1.82) is 0 Å². The zero-order chi connectivity index (χ0) is 16.5. The quantitative estimate of drug-likeness (QED) is 0.656. The lowest BCUT2D eigenvalue weighted by Crippen LogP contribution is -2.14. The molecule has 1 aliphatic heterocycles. The van der Waals surface area contributed by atoms with Gasteiger partial charge >= 0.3 is 0 Å². The number of allylic oxidation sites excluding steroid dienone is 10. The molecule has 1 heteroatoms. The van der Waals surface area contributed by atoms with Crippen LogP contribution in [0.3, 0.4) is 0 Å². The Kier molecular flexibility index (Phi) is 3.86. The summed E-state index contributed by atoms with van der Waals surface area (Å²) in [6.07, 6.45) is 20.2. The number of rotatable bonds is 3. The molecule has 0 saturated carbocycles. The Morgan fingerprint density at radius 1 is 1.17 bits per heavy atom. The van der Waals surface area contributed by atoms with Gasteiger partial charge in [0.05, 0.1) is 11.4 Å². The standard InChI is InChI=1S/C23H23N/c1-3-7-17-11-12-18-8-5-6-9-20(18)21(19(17)4-2)14-16-10-13-22-23(15-16)24-22/h3-10,13-15,18,20,24H,2,11-12H2,1H3/b7-3-,21-14+. The van der Waals surface area contributed by atoms with Gasteiger partial charge in [0.1, 0.15) is 0 Å². The molecule has 0 aromatic heterocycles. The molecule has 120 valence electrons. The van der Waals surface area contributed by atoms with Gasteiger partial charge in [-0.25, -0.2) is 0 Å². The number of nitrogens with one attached hydrogen (secondary N) is 1. The second kappa shape index (κ2) is 6.16. The molecule has 3 aliphatic rings. The highest BCUT2D eigenvalue weighted by Gasteiger charge is 2.28. The van der Waals surface area contributed by atoms with Crippen molar-refractivity contribution < 1.29 is 0 Å². The molecule has 2 unspecified atom stereocenters. The van der Waals surface area contributed by atoms with E-state index in [-0.39, 0.29) is 0 Å². The summed E-state index contributed by atoms with van der Waals surface area (Å²) in [6, 6.07) is 6.60. The van der Waals surface area contributed by atoms with Gasteiger partial charge in [0.2, 0.25) is 0 Å². The van der Waals surface area contributed by atoms with Gasteiger partial charge in [0.25, 0.3) is 0 Å². The Labute approximate surface area is 144 Å². The highest BCUT2D eigenvalue weighted by Crippen LogP contribution is 2.43. The van der Waals surface area contributed by atoms with E-state index in [2.05, 4.69) is 79.6 Å². The van der Waals surface area contributed by atoms with Crippen molar-refractivity contribution in [1.82, 2.24) is 0 Å². The van der Waals surface area contributed by atoms with Crippen LogP contribution >= 0.6 is 0 Å². The fourth-order valence-electron chi connectivity index (χ4n) is 3.91. The van der Waals surface area contributed by atoms with Crippen LogP contribution in [0.25, 0.3) is 6.08 Å². The Balaban J connectivity index is 1.85. The number of fused-ring (bicyclic) bond motifs is 2. The van der Waals surface area contributed by atoms with Crippen molar-refractivity contribution in [2.75, 3.05) is 5.32 Å². The third-order valence-corrected chi connectivity index (χ3v) is 5.16. The summed E-state index contributed by atoms with van der Waals surface area (Å²) in [5, 5.41) is 3.29. The average molecular weight is 313 g/mol. The summed E-state index contributed by atoms with van der Waals surface area (Å²) in [4.78, 5) is 0. The SMILES string of the molecule is C=CC1=C(/C=C\C)CCC2C=CC=CC2/C1=C/c1ccc2c(c1)N2. The van der Waals surface area contributed by atoms with Crippen LogP contribution in [0, 0.1) is 11.8 Å². The van der Waals surface area contributed by atoms with E-state index in [0.717, 1.165) is 6.42 Å². The predicted octanol–water partition coefficient (Wildman–Crippen LogP) is 6.34. The van der Waals surface area contributed by atoms with Gasteiger partial charge in [-0.3, -0.25) is 0 Å². The molecule has 0 spiro atoms. The number of hydrogen-bond acceptors (Lipinski definition) is 1. The molecule has 0 radical (unpaired) electrons. The lowest BCUT2D eigenvalue weighted by atomic mass is 9.79. The average Bonchev–Trinajstić information content (AvgIpc) is 3.39. The zero-order valence-corrected chi connectivity index (χ0v) is 14.1. The minimum absolute atomic E-state index is 0.433. The minimum atomic E-state index is 0.433. The van der Waals surface area contributed by atoms with E-state index in [9.17, 15) is 0 Å². The topological polar surface area (TPSA) is 21.9 Å². The first-order chi connectivity index (χ1) is 11.8. The molecular weight excluding hydrogens is 290 g/mol. The zero-order valence-electron chi connectivity index (χ0n) is 14.1. The lowest BCUT2D eigenvalue weighted by molar-refractivity contribution is 0.508. The molecule has 4 rings (SSSR count). The monoisotopic (exact) mass is 313 g/mol.